The molecule has 33 heavy (non-hydrogen) atoms. The molecule has 0 radical (unpaired) electrons. The van der Waals surface area contributed by atoms with E-state index in [2.05, 4.69) is 0 Å². The molecule has 0 N–H and O–H groups in total. The number of rotatable bonds is 6. The van der Waals surface area contributed by atoms with Crippen molar-refractivity contribution in [3.8, 4) is 5.75 Å². The van der Waals surface area contributed by atoms with Crippen molar-refractivity contribution in [1.29, 1.82) is 0 Å². The van der Waals surface area contributed by atoms with Crippen molar-refractivity contribution in [2.75, 3.05) is 14.2 Å². The first-order chi connectivity index (χ1) is 15.7. The van der Waals surface area contributed by atoms with Gasteiger partial charge in [-0.3, -0.25) is 14.5 Å². The van der Waals surface area contributed by atoms with Crippen molar-refractivity contribution < 1.29 is 28.6 Å². The lowest BCUT2D eigenvalue weighted by atomic mass is 9.86. The van der Waals surface area contributed by atoms with Gasteiger partial charge < -0.3 is 14.2 Å². The van der Waals surface area contributed by atoms with Crippen LogP contribution in [0, 0.1) is 5.92 Å². The Kier molecular flexibility index (Phi) is 7.21. The minimum absolute atomic E-state index is 0.112. The van der Waals surface area contributed by atoms with E-state index in [4.69, 9.17) is 14.2 Å². The fourth-order valence-corrected chi connectivity index (χ4v) is 3.94. The van der Waals surface area contributed by atoms with Crippen molar-refractivity contribution in [3.05, 3.63) is 71.9 Å². The Morgan fingerprint density at radius 3 is 2.18 bits per heavy atom. The van der Waals surface area contributed by atoms with Crippen molar-refractivity contribution >= 4 is 23.4 Å². The number of benzene rings is 2. The van der Waals surface area contributed by atoms with E-state index in [-0.39, 0.29) is 12.3 Å². The minimum Gasteiger partial charge on any atom is -0.496 e. The van der Waals surface area contributed by atoms with Crippen molar-refractivity contribution in [2.24, 2.45) is 5.92 Å². The van der Waals surface area contributed by atoms with E-state index >= 15 is 0 Å². The van der Waals surface area contributed by atoms with Crippen LogP contribution in [0.1, 0.15) is 43.1 Å². The highest BCUT2D eigenvalue weighted by molar-refractivity contribution is 6.01. The van der Waals surface area contributed by atoms with Gasteiger partial charge in [-0.05, 0) is 44.5 Å². The van der Waals surface area contributed by atoms with Gasteiger partial charge in [-0.25, -0.2) is 4.79 Å². The number of esters is 2. The molecule has 0 aromatic heterocycles. The normalized spacial score (nSPS) is 17.8. The zero-order valence-electron chi connectivity index (χ0n) is 19.5. The lowest BCUT2D eigenvalue weighted by Crippen LogP contribution is -2.44. The number of hydrogen-bond acceptors (Lipinski definition) is 6. The van der Waals surface area contributed by atoms with Crippen molar-refractivity contribution in [3.63, 3.8) is 0 Å². The van der Waals surface area contributed by atoms with Crippen LogP contribution < -0.4 is 4.74 Å². The van der Waals surface area contributed by atoms with Crippen LogP contribution in [0.25, 0.3) is 5.57 Å². The molecule has 0 bridgehead atoms. The average molecular weight is 452 g/mol. The average Bonchev–Trinajstić information content (AvgIpc) is 3.15. The summed E-state index contributed by atoms with van der Waals surface area (Å²) in [5.74, 6) is -1.58. The SMILES string of the molecule is COC(=O)[C@@H]1[C@@H](CC(=O)OC(C)(C)C)C(c2ccccc2OC)=CN1C(=O)c1ccccc1. The quantitative estimate of drug-likeness (QED) is 0.616. The van der Waals surface area contributed by atoms with E-state index in [1.807, 2.05) is 18.2 Å². The second-order valence-corrected chi connectivity index (χ2v) is 8.73. The molecule has 7 nitrogen and oxygen atoms in total. The molecule has 0 fully saturated rings. The first kappa shape index (κ1) is 24.0. The zero-order valence-corrected chi connectivity index (χ0v) is 19.5. The standard InChI is InChI=1S/C26H29NO6/c1-26(2,3)33-22(28)15-19-20(18-13-9-10-14-21(18)31-4)16-27(23(19)25(30)32-5)24(29)17-11-7-6-8-12-17/h6-14,16,19,23H,15H2,1-5H3/t19-,23-/m0/s1. The molecule has 3 rings (SSSR count). The molecular formula is C26H29NO6. The first-order valence-corrected chi connectivity index (χ1v) is 10.7. The monoisotopic (exact) mass is 451 g/mol. The molecule has 1 amide bonds. The highest BCUT2D eigenvalue weighted by atomic mass is 16.6. The van der Waals surface area contributed by atoms with E-state index < -0.39 is 29.5 Å². The van der Waals surface area contributed by atoms with Crippen LogP contribution in [0.2, 0.25) is 0 Å². The number of methoxy groups -OCH3 is 2. The van der Waals surface area contributed by atoms with Gasteiger partial charge in [0.25, 0.3) is 5.91 Å². The van der Waals surface area contributed by atoms with Gasteiger partial charge in [0.05, 0.1) is 20.6 Å². The summed E-state index contributed by atoms with van der Waals surface area (Å²) in [6.07, 6.45) is 1.50. The molecule has 7 heteroatoms. The van der Waals surface area contributed by atoms with Gasteiger partial charge in [-0.1, -0.05) is 36.4 Å². The largest absolute Gasteiger partial charge is 0.496 e. The molecule has 1 aliphatic heterocycles. The Labute approximate surface area is 193 Å². The molecular weight excluding hydrogens is 422 g/mol. The zero-order chi connectivity index (χ0) is 24.2. The Bertz CT molecular complexity index is 1050. The molecule has 174 valence electrons. The van der Waals surface area contributed by atoms with Crippen LogP contribution in [0.4, 0.5) is 0 Å². The second-order valence-electron chi connectivity index (χ2n) is 8.73. The Morgan fingerprint density at radius 2 is 1.58 bits per heavy atom. The number of amides is 1. The Morgan fingerprint density at radius 1 is 0.939 bits per heavy atom. The van der Waals surface area contributed by atoms with Crippen molar-refractivity contribution in [2.45, 2.75) is 38.8 Å². The third-order valence-electron chi connectivity index (χ3n) is 5.28. The first-order valence-electron chi connectivity index (χ1n) is 10.7. The number of para-hydroxylation sites is 1. The van der Waals surface area contributed by atoms with Crippen LogP contribution in [0.5, 0.6) is 5.75 Å². The number of ether oxygens (including phenoxy) is 3. The van der Waals surface area contributed by atoms with E-state index in [0.717, 1.165) is 0 Å². The summed E-state index contributed by atoms with van der Waals surface area (Å²) in [5, 5.41) is 0. The van der Waals surface area contributed by atoms with Crippen LogP contribution in [-0.2, 0) is 19.1 Å². The topological polar surface area (TPSA) is 82.1 Å². The second kappa shape index (κ2) is 9.90. The van der Waals surface area contributed by atoms with Gasteiger partial charge in [0.2, 0.25) is 0 Å². The summed E-state index contributed by atoms with van der Waals surface area (Å²) in [5.41, 5.74) is 1.04. The predicted molar refractivity (Wildman–Crippen MR) is 123 cm³/mol. The van der Waals surface area contributed by atoms with Gasteiger partial charge in [0.1, 0.15) is 17.4 Å². The van der Waals surface area contributed by atoms with Gasteiger partial charge in [-0.2, -0.15) is 0 Å². The summed E-state index contributed by atoms with van der Waals surface area (Å²) in [6.45, 7) is 5.33. The minimum atomic E-state index is -1.03. The summed E-state index contributed by atoms with van der Waals surface area (Å²) in [4.78, 5) is 40.5. The predicted octanol–water partition coefficient (Wildman–Crippen LogP) is 4.08. The third kappa shape index (κ3) is 5.42. The smallest absolute Gasteiger partial charge is 0.329 e. The molecule has 0 spiro atoms. The van der Waals surface area contributed by atoms with Crippen LogP contribution >= 0.6 is 0 Å². The Balaban J connectivity index is 2.11. The van der Waals surface area contributed by atoms with Crippen molar-refractivity contribution in [1.82, 2.24) is 4.90 Å². The number of nitrogens with zero attached hydrogens (tertiary/aromatic N) is 1. The lowest BCUT2D eigenvalue weighted by molar-refractivity contribution is -0.156. The fraction of sp³-hybridized carbons (Fsp3) is 0.346. The molecule has 0 unspecified atom stereocenters. The molecule has 2 aromatic rings. The third-order valence-corrected chi connectivity index (χ3v) is 5.28. The summed E-state index contributed by atoms with van der Waals surface area (Å²) >= 11 is 0. The van der Waals surface area contributed by atoms with E-state index in [9.17, 15) is 14.4 Å². The van der Waals surface area contributed by atoms with Crippen LogP contribution in [0.3, 0.4) is 0 Å². The number of hydrogen-bond donors (Lipinski definition) is 0. The lowest BCUT2D eigenvalue weighted by Gasteiger charge is -2.28. The summed E-state index contributed by atoms with van der Waals surface area (Å²) < 4.78 is 16.1. The van der Waals surface area contributed by atoms with Gasteiger partial charge in [-0.15, -0.1) is 0 Å². The van der Waals surface area contributed by atoms with Gasteiger partial charge in [0, 0.05) is 23.2 Å². The molecule has 0 saturated carbocycles. The number of carbonyl (C=O) groups excluding carboxylic acids is 3. The summed E-state index contributed by atoms with van der Waals surface area (Å²) in [7, 11) is 2.81. The molecule has 2 atom stereocenters. The fourth-order valence-electron chi connectivity index (χ4n) is 3.94. The maximum Gasteiger partial charge on any atom is 0.329 e. The van der Waals surface area contributed by atoms with E-state index in [1.165, 1.54) is 12.0 Å². The summed E-state index contributed by atoms with van der Waals surface area (Å²) in [6, 6.07) is 14.9. The maximum atomic E-state index is 13.4. The van der Waals surface area contributed by atoms with Gasteiger partial charge >= 0.3 is 11.9 Å². The highest BCUT2D eigenvalue weighted by Gasteiger charge is 2.46. The van der Waals surface area contributed by atoms with Crippen LogP contribution in [-0.4, -0.2) is 48.6 Å². The molecule has 1 heterocycles. The van der Waals surface area contributed by atoms with E-state index in [1.54, 1.807) is 70.5 Å². The number of carbonyl (C=O) groups is 3. The van der Waals surface area contributed by atoms with E-state index in [0.29, 0.717) is 22.4 Å². The Hall–Kier alpha value is -3.61. The molecule has 1 aliphatic rings. The molecule has 2 aromatic carbocycles. The van der Waals surface area contributed by atoms with Crippen LogP contribution in [0.15, 0.2) is 60.8 Å². The van der Waals surface area contributed by atoms with Gasteiger partial charge in [0.15, 0.2) is 0 Å². The molecule has 0 saturated heterocycles. The maximum absolute atomic E-state index is 13.4. The molecule has 0 aliphatic carbocycles. The highest BCUT2D eigenvalue weighted by Crippen LogP contribution is 2.42.